The molecule has 1 aliphatic rings. The molecule has 0 spiro atoms. The van der Waals surface area contributed by atoms with E-state index < -0.39 is 0 Å². The average molecular weight is 359 g/mol. The lowest BCUT2D eigenvalue weighted by molar-refractivity contribution is -0.129. The van der Waals surface area contributed by atoms with Gasteiger partial charge in [-0.15, -0.1) is 11.3 Å². The van der Waals surface area contributed by atoms with Gasteiger partial charge in [-0.05, 0) is 21.0 Å². The van der Waals surface area contributed by atoms with Crippen molar-refractivity contribution >= 4 is 34.8 Å². The summed E-state index contributed by atoms with van der Waals surface area (Å²) in [5.74, 6) is -0.231. The second-order valence-electron chi connectivity index (χ2n) is 6.05. The Hall–Kier alpha value is -1.18. The van der Waals surface area contributed by atoms with Crippen LogP contribution in [0.1, 0.15) is 17.1 Å². The third-order valence-corrected chi connectivity index (χ3v) is 5.34. The van der Waals surface area contributed by atoms with Crippen LogP contribution in [0.3, 0.4) is 0 Å². The molecule has 23 heavy (non-hydrogen) atoms. The number of carbonyl (C=O) groups excluding carboxylic acids is 2. The Morgan fingerprint density at radius 2 is 2.26 bits per heavy atom. The Balaban J connectivity index is 1.74. The number of rotatable bonds is 7. The molecule has 6 nitrogen and oxygen atoms in total. The summed E-state index contributed by atoms with van der Waals surface area (Å²) in [6.45, 7) is 4.38. The smallest absolute Gasteiger partial charge is 0.225 e. The summed E-state index contributed by atoms with van der Waals surface area (Å²) in [5, 5.41) is 3.82. The Kier molecular flexibility index (Phi) is 6.38. The number of aromatic nitrogens is 1. The van der Waals surface area contributed by atoms with Gasteiger partial charge in [0.25, 0.3) is 0 Å². The fourth-order valence-corrected chi connectivity index (χ4v) is 3.56. The normalized spacial score (nSPS) is 18.0. The summed E-state index contributed by atoms with van der Waals surface area (Å²) >= 11 is 7.43. The highest BCUT2D eigenvalue weighted by Crippen LogP contribution is 2.23. The zero-order chi connectivity index (χ0) is 17.0. The monoisotopic (exact) mass is 358 g/mol. The number of carbonyl (C=O) groups is 2. The molecule has 0 radical (unpaired) electrons. The van der Waals surface area contributed by atoms with E-state index in [1.54, 1.807) is 4.90 Å². The minimum absolute atomic E-state index is 0.0509. The first-order valence-electron chi connectivity index (χ1n) is 7.69. The Morgan fingerprint density at radius 3 is 2.87 bits per heavy atom. The fraction of sp³-hybridized carbons (Fsp3) is 0.667. The third-order valence-electron chi connectivity index (χ3n) is 3.82. The largest absolute Gasteiger partial charge is 0.355 e. The number of halogens is 1. The van der Waals surface area contributed by atoms with Gasteiger partial charge in [0.05, 0.1) is 16.6 Å². The maximum Gasteiger partial charge on any atom is 0.225 e. The quantitative estimate of drug-likeness (QED) is 0.794. The van der Waals surface area contributed by atoms with Crippen LogP contribution in [0.15, 0.2) is 0 Å². The summed E-state index contributed by atoms with van der Waals surface area (Å²) < 4.78 is 0.698. The van der Waals surface area contributed by atoms with E-state index in [0.29, 0.717) is 36.8 Å². The molecule has 2 amide bonds. The number of likely N-dealkylation sites (N-methyl/N-ethyl adjacent to an activating group) is 1. The van der Waals surface area contributed by atoms with E-state index in [0.717, 1.165) is 17.2 Å². The van der Waals surface area contributed by atoms with Gasteiger partial charge in [0, 0.05) is 39.0 Å². The summed E-state index contributed by atoms with van der Waals surface area (Å²) in [6, 6.07) is 0. The third kappa shape index (κ3) is 5.16. The SMILES string of the molecule is Cc1nc(CCNC(=O)[C@H]2CC(=O)N(CCN(C)C)C2)sc1Cl. The van der Waals surface area contributed by atoms with E-state index in [-0.39, 0.29) is 17.7 Å². The van der Waals surface area contributed by atoms with Gasteiger partial charge in [0.2, 0.25) is 11.8 Å². The maximum absolute atomic E-state index is 12.2. The molecule has 1 saturated heterocycles. The number of aryl methyl sites for hydroxylation is 1. The lowest BCUT2D eigenvalue weighted by atomic mass is 10.1. The highest BCUT2D eigenvalue weighted by Gasteiger charge is 2.33. The maximum atomic E-state index is 12.2. The number of thiazole rings is 1. The van der Waals surface area contributed by atoms with Crippen molar-refractivity contribution in [3.63, 3.8) is 0 Å². The molecule has 2 heterocycles. The van der Waals surface area contributed by atoms with Crippen molar-refractivity contribution in [2.24, 2.45) is 5.92 Å². The predicted molar refractivity (Wildman–Crippen MR) is 91.8 cm³/mol. The molecule has 0 aromatic carbocycles. The highest BCUT2D eigenvalue weighted by molar-refractivity contribution is 7.16. The van der Waals surface area contributed by atoms with Crippen molar-refractivity contribution in [1.82, 2.24) is 20.1 Å². The molecule has 128 valence electrons. The number of amides is 2. The highest BCUT2D eigenvalue weighted by atomic mass is 35.5. The van der Waals surface area contributed by atoms with Crippen LogP contribution < -0.4 is 5.32 Å². The summed E-state index contributed by atoms with van der Waals surface area (Å²) in [6.07, 6.45) is 0.969. The zero-order valence-electron chi connectivity index (χ0n) is 13.8. The van der Waals surface area contributed by atoms with Crippen molar-refractivity contribution in [2.45, 2.75) is 19.8 Å². The van der Waals surface area contributed by atoms with E-state index >= 15 is 0 Å². The van der Waals surface area contributed by atoms with Gasteiger partial charge >= 0.3 is 0 Å². The summed E-state index contributed by atoms with van der Waals surface area (Å²) in [7, 11) is 3.94. The van der Waals surface area contributed by atoms with E-state index in [9.17, 15) is 9.59 Å². The average Bonchev–Trinajstić information content (AvgIpc) is 3.00. The van der Waals surface area contributed by atoms with E-state index in [1.807, 2.05) is 25.9 Å². The van der Waals surface area contributed by atoms with Crippen LogP contribution in [0.25, 0.3) is 0 Å². The number of nitrogens with zero attached hydrogens (tertiary/aromatic N) is 3. The first-order valence-corrected chi connectivity index (χ1v) is 8.88. The molecular formula is C15H23ClN4O2S. The van der Waals surface area contributed by atoms with Crippen LogP contribution in [-0.4, -0.2) is 66.9 Å². The molecule has 0 unspecified atom stereocenters. The van der Waals surface area contributed by atoms with E-state index in [2.05, 4.69) is 10.3 Å². The molecule has 1 aliphatic heterocycles. The minimum Gasteiger partial charge on any atom is -0.355 e. The molecule has 1 atom stereocenters. The number of nitrogens with one attached hydrogen (secondary N) is 1. The van der Waals surface area contributed by atoms with Gasteiger partial charge in [-0.25, -0.2) is 4.98 Å². The van der Waals surface area contributed by atoms with Gasteiger partial charge < -0.3 is 15.1 Å². The van der Waals surface area contributed by atoms with Crippen molar-refractivity contribution in [1.29, 1.82) is 0 Å². The molecule has 8 heteroatoms. The van der Waals surface area contributed by atoms with Crippen LogP contribution in [-0.2, 0) is 16.0 Å². The van der Waals surface area contributed by atoms with Gasteiger partial charge in [-0.3, -0.25) is 9.59 Å². The van der Waals surface area contributed by atoms with E-state index in [4.69, 9.17) is 11.6 Å². The Labute approximate surface area is 145 Å². The van der Waals surface area contributed by atoms with Crippen LogP contribution in [0.4, 0.5) is 0 Å². The molecule has 1 fully saturated rings. The van der Waals surface area contributed by atoms with Crippen molar-refractivity contribution in [3.05, 3.63) is 15.0 Å². The minimum atomic E-state index is -0.244. The fourth-order valence-electron chi connectivity index (χ4n) is 2.46. The van der Waals surface area contributed by atoms with Gasteiger partial charge in [-0.2, -0.15) is 0 Å². The number of hydrogen-bond acceptors (Lipinski definition) is 5. The van der Waals surface area contributed by atoms with E-state index in [1.165, 1.54) is 11.3 Å². The summed E-state index contributed by atoms with van der Waals surface area (Å²) in [4.78, 5) is 32.3. The zero-order valence-corrected chi connectivity index (χ0v) is 15.3. The second-order valence-corrected chi connectivity index (χ2v) is 7.74. The lowest BCUT2D eigenvalue weighted by Crippen LogP contribution is -2.36. The van der Waals surface area contributed by atoms with Crippen molar-refractivity contribution < 1.29 is 9.59 Å². The first-order chi connectivity index (χ1) is 10.9. The van der Waals surface area contributed by atoms with Crippen LogP contribution in [0.5, 0.6) is 0 Å². The lowest BCUT2D eigenvalue weighted by Gasteiger charge is -2.19. The van der Waals surface area contributed by atoms with Crippen molar-refractivity contribution in [3.8, 4) is 0 Å². The topological polar surface area (TPSA) is 65.5 Å². The first kappa shape index (κ1) is 18.2. The Bertz CT molecular complexity index is 556. The number of hydrogen-bond donors (Lipinski definition) is 1. The molecule has 1 aromatic heterocycles. The van der Waals surface area contributed by atoms with Crippen LogP contribution >= 0.6 is 22.9 Å². The van der Waals surface area contributed by atoms with Gasteiger partial charge in [0.1, 0.15) is 4.34 Å². The predicted octanol–water partition coefficient (Wildman–Crippen LogP) is 1.17. The molecule has 0 bridgehead atoms. The molecular weight excluding hydrogens is 336 g/mol. The van der Waals surface area contributed by atoms with Gasteiger partial charge in [0.15, 0.2) is 0 Å². The molecule has 2 rings (SSSR count). The number of likely N-dealkylation sites (tertiary alicyclic amines) is 1. The second kappa shape index (κ2) is 8.08. The molecule has 1 aromatic rings. The molecule has 0 saturated carbocycles. The summed E-state index contributed by atoms with van der Waals surface area (Å²) in [5.41, 5.74) is 0.830. The van der Waals surface area contributed by atoms with Gasteiger partial charge in [-0.1, -0.05) is 11.6 Å². The Morgan fingerprint density at radius 1 is 1.52 bits per heavy atom. The van der Waals surface area contributed by atoms with Crippen LogP contribution in [0, 0.1) is 12.8 Å². The van der Waals surface area contributed by atoms with Crippen LogP contribution in [0.2, 0.25) is 4.34 Å². The molecule has 1 N–H and O–H groups in total. The van der Waals surface area contributed by atoms with Crippen molar-refractivity contribution in [2.75, 3.05) is 40.3 Å². The molecule has 0 aliphatic carbocycles. The standard InChI is InChI=1S/C15H23ClN4O2S/c1-10-14(16)23-12(18-10)4-5-17-15(22)11-8-13(21)20(9-11)7-6-19(2)3/h11H,4-9H2,1-3H3,(H,17,22)/t11-/m0/s1.